The van der Waals surface area contributed by atoms with Gasteiger partial charge in [-0.3, -0.25) is 4.79 Å². The second kappa shape index (κ2) is 5.40. The largest absolute Gasteiger partial charge is 0.379 e. The molecule has 1 aliphatic heterocycles. The van der Waals surface area contributed by atoms with Crippen molar-refractivity contribution in [3.05, 3.63) is 29.8 Å². The number of benzene rings is 1. The van der Waals surface area contributed by atoms with Crippen LogP contribution in [0.3, 0.4) is 0 Å². The number of Topliss-reactive ketones (excluding diaryl/α,β-unsaturated/α-hetero) is 1. The van der Waals surface area contributed by atoms with Crippen molar-refractivity contribution in [2.75, 3.05) is 18.5 Å². The molecular weight excluding hydrogens is 244 g/mol. The van der Waals surface area contributed by atoms with E-state index in [0.29, 0.717) is 24.5 Å². The van der Waals surface area contributed by atoms with Gasteiger partial charge >= 0.3 is 6.03 Å². The minimum Gasteiger partial charge on any atom is -0.379 e. The van der Waals surface area contributed by atoms with E-state index in [0.717, 1.165) is 6.42 Å². The molecule has 0 radical (unpaired) electrons. The minimum absolute atomic E-state index is 0.0276. The van der Waals surface area contributed by atoms with Crippen LogP contribution in [-0.2, 0) is 4.74 Å². The molecule has 0 aromatic heterocycles. The standard InChI is InChI=1S/C14H18N2O3/c1-10(17)11-4-3-5-12(8-11)15-13(18)16-14(2)6-7-19-9-14/h3-5,8H,6-7,9H2,1-2H3,(H2,15,16,18). The summed E-state index contributed by atoms with van der Waals surface area (Å²) in [7, 11) is 0. The summed E-state index contributed by atoms with van der Waals surface area (Å²) in [5.74, 6) is -0.0276. The highest BCUT2D eigenvalue weighted by molar-refractivity contribution is 5.96. The number of anilines is 1. The Balaban J connectivity index is 1.98. The van der Waals surface area contributed by atoms with Gasteiger partial charge in [0.2, 0.25) is 0 Å². The number of carbonyl (C=O) groups excluding carboxylic acids is 2. The Kier molecular flexibility index (Phi) is 3.85. The Morgan fingerprint density at radius 1 is 1.37 bits per heavy atom. The number of amides is 2. The molecule has 102 valence electrons. The lowest BCUT2D eigenvalue weighted by molar-refractivity contribution is 0.101. The summed E-state index contributed by atoms with van der Waals surface area (Å²) < 4.78 is 5.27. The first-order valence-corrected chi connectivity index (χ1v) is 6.26. The second-order valence-electron chi connectivity index (χ2n) is 5.08. The number of ketones is 1. The van der Waals surface area contributed by atoms with Crippen LogP contribution in [0.15, 0.2) is 24.3 Å². The zero-order valence-corrected chi connectivity index (χ0v) is 11.2. The van der Waals surface area contributed by atoms with Crippen molar-refractivity contribution < 1.29 is 14.3 Å². The first-order chi connectivity index (χ1) is 8.98. The summed E-state index contributed by atoms with van der Waals surface area (Å²) in [6.45, 7) is 4.63. The maximum atomic E-state index is 11.9. The van der Waals surface area contributed by atoms with Crippen LogP contribution in [0.2, 0.25) is 0 Å². The van der Waals surface area contributed by atoms with Gasteiger partial charge in [-0.05, 0) is 32.4 Å². The molecule has 0 aliphatic carbocycles. The number of carbonyl (C=O) groups is 2. The lowest BCUT2D eigenvalue weighted by atomic mass is 10.0. The van der Waals surface area contributed by atoms with Gasteiger partial charge in [0, 0.05) is 17.9 Å². The Labute approximate surface area is 112 Å². The van der Waals surface area contributed by atoms with Gasteiger partial charge in [-0.1, -0.05) is 12.1 Å². The number of rotatable bonds is 3. The van der Waals surface area contributed by atoms with E-state index >= 15 is 0 Å². The predicted molar refractivity (Wildman–Crippen MR) is 72.4 cm³/mol. The molecule has 1 atom stereocenters. The molecule has 0 spiro atoms. The highest BCUT2D eigenvalue weighted by Gasteiger charge is 2.31. The van der Waals surface area contributed by atoms with Crippen LogP contribution in [0.4, 0.5) is 10.5 Å². The van der Waals surface area contributed by atoms with Crippen molar-refractivity contribution in [3.63, 3.8) is 0 Å². The van der Waals surface area contributed by atoms with Gasteiger partial charge in [-0.25, -0.2) is 4.79 Å². The number of urea groups is 1. The summed E-state index contributed by atoms with van der Waals surface area (Å²) in [6.07, 6.45) is 0.800. The van der Waals surface area contributed by atoms with Crippen molar-refractivity contribution >= 4 is 17.5 Å². The number of nitrogens with one attached hydrogen (secondary N) is 2. The van der Waals surface area contributed by atoms with Gasteiger partial charge in [-0.15, -0.1) is 0 Å². The fraction of sp³-hybridized carbons (Fsp3) is 0.429. The molecule has 1 aromatic carbocycles. The molecule has 2 N–H and O–H groups in total. The fourth-order valence-corrected chi connectivity index (χ4v) is 2.02. The van der Waals surface area contributed by atoms with E-state index in [2.05, 4.69) is 10.6 Å². The molecule has 1 fully saturated rings. The molecular formula is C14H18N2O3. The van der Waals surface area contributed by atoms with Crippen LogP contribution in [0.25, 0.3) is 0 Å². The fourth-order valence-electron chi connectivity index (χ4n) is 2.02. The van der Waals surface area contributed by atoms with Crippen molar-refractivity contribution in [2.24, 2.45) is 0 Å². The quantitative estimate of drug-likeness (QED) is 0.820. The third kappa shape index (κ3) is 3.54. The molecule has 1 aliphatic rings. The highest BCUT2D eigenvalue weighted by atomic mass is 16.5. The third-order valence-corrected chi connectivity index (χ3v) is 3.16. The van der Waals surface area contributed by atoms with E-state index in [9.17, 15) is 9.59 Å². The second-order valence-corrected chi connectivity index (χ2v) is 5.08. The van der Waals surface area contributed by atoms with E-state index in [1.807, 2.05) is 6.92 Å². The van der Waals surface area contributed by atoms with Crippen molar-refractivity contribution in [3.8, 4) is 0 Å². The molecule has 1 saturated heterocycles. The van der Waals surface area contributed by atoms with Crippen LogP contribution in [-0.4, -0.2) is 30.6 Å². The van der Waals surface area contributed by atoms with E-state index in [4.69, 9.17) is 4.74 Å². The summed E-state index contributed by atoms with van der Waals surface area (Å²) >= 11 is 0. The highest BCUT2D eigenvalue weighted by Crippen LogP contribution is 2.18. The van der Waals surface area contributed by atoms with Crippen LogP contribution in [0.1, 0.15) is 30.6 Å². The summed E-state index contributed by atoms with van der Waals surface area (Å²) in [4.78, 5) is 23.2. The Morgan fingerprint density at radius 2 is 2.16 bits per heavy atom. The average molecular weight is 262 g/mol. The predicted octanol–water partition coefficient (Wildman–Crippen LogP) is 2.19. The number of hydrogen-bond acceptors (Lipinski definition) is 3. The van der Waals surface area contributed by atoms with Crippen molar-refractivity contribution in [2.45, 2.75) is 25.8 Å². The third-order valence-electron chi connectivity index (χ3n) is 3.16. The summed E-state index contributed by atoms with van der Waals surface area (Å²) in [5.41, 5.74) is 0.864. The molecule has 0 saturated carbocycles. The van der Waals surface area contributed by atoms with E-state index in [-0.39, 0.29) is 17.4 Å². The van der Waals surface area contributed by atoms with Gasteiger partial charge in [0.05, 0.1) is 12.1 Å². The van der Waals surface area contributed by atoms with Gasteiger partial charge in [0.1, 0.15) is 0 Å². The molecule has 5 heteroatoms. The van der Waals surface area contributed by atoms with Gasteiger partial charge < -0.3 is 15.4 Å². The minimum atomic E-state index is -0.317. The molecule has 2 amide bonds. The molecule has 2 rings (SSSR count). The van der Waals surface area contributed by atoms with Crippen LogP contribution >= 0.6 is 0 Å². The zero-order valence-electron chi connectivity index (χ0n) is 11.2. The molecule has 19 heavy (non-hydrogen) atoms. The number of ether oxygens (including phenoxy) is 1. The maximum Gasteiger partial charge on any atom is 0.319 e. The lowest BCUT2D eigenvalue weighted by Crippen LogP contribution is -2.48. The zero-order chi connectivity index (χ0) is 13.9. The smallest absolute Gasteiger partial charge is 0.319 e. The van der Waals surface area contributed by atoms with Crippen molar-refractivity contribution in [1.29, 1.82) is 0 Å². The Bertz CT molecular complexity index is 493. The van der Waals surface area contributed by atoms with Gasteiger partial charge in [0.15, 0.2) is 5.78 Å². The van der Waals surface area contributed by atoms with Gasteiger partial charge in [0.25, 0.3) is 0 Å². The maximum absolute atomic E-state index is 11.9. The molecule has 0 bridgehead atoms. The SMILES string of the molecule is CC(=O)c1cccc(NC(=O)NC2(C)CCOC2)c1. The molecule has 1 heterocycles. The van der Waals surface area contributed by atoms with Crippen molar-refractivity contribution in [1.82, 2.24) is 5.32 Å². The van der Waals surface area contributed by atoms with E-state index < -0.39 is 0 Å². The van der Waals surface area contributed by atoms with Gasteiger partial charge in [-0.2, -0.15) is 0 Å². The Hall–Kier alpha value is -1.88. The molecule has 1 unspecified atom stereocenters. The summed E-state index contributed by atoms with van der Waals surface area (Å²) in [6, 6.07) is 6.59. The summed E-state index contributed by atoms with van der Waals surface area (Å²) in [5, 5.41) is 5.62. The van der Waals surface area contributed by atoms with Crippen LogP contribution < -0.4 is 10.6 Å². The molecule has 5 nitrogen and oxygen atoms in total. The first kappa shape index (κ1) is 13.5. The van der Waals surface area contributed by atoms with E-state index in [1.165, 1.54) is 6.92 Å². The average Bonchev–Trinajstić information content (AvgIpc) is 2.75. The first-order valence-electron chi connectivity index (χ1n) is 6.26. The topological polar surface area (TPSA) is 67.4 Å². The Morgan fingerprint density at radius 3 is 2.79 bits per heavy atom. The van der Waals surface area contributed by atoms with E-state index in [1.54, 1.807) is 24.3 Å². The van der Waals surface area contributed by atoms with Crippen LogP contribution in [0, 0.1) is 0 Å². The lowest BCUT2D eigenvalue weighted by Gasteiger charge is -2.23. The van der Waals surface area contributed by atoms with Crippen LogP contribution in [0.5, 0.6) is 0 Å². The number of hydrogen-bond donors (Lipinski definition) is 2. The molecule has 1 aromatic rings. The monoisotopic (exact) mass is 262 g/mol. The normalized spacial score (nSPS) is 22.0.